The lowest BCUT2D eigenvalue weighted by Crippen LogP contribution is -2.31. The molecular formula is C22H25ClN4O7. The van der Waals surface area contributed by atoms with Gasteiger partial charge in [0.25, 0.3) is 0 Å². The van der Waals surface area contributed by atoms with Crippen molar-refractivity contribution in [1.82, 2.24) is 9.55 Å². The third kappa shape index (κ3) is 5.72. The fraction of sp³-hybridized carbons (Fsp3) is 0.409. The van der Waals surface area contributed by atoms with Crippen molar-refractivity contribution in [3.05, 3.63) is 64.1 Å². The standard InChI is InChI=1S/C22H25ClN4O7/c1-3-5-19(28)33-13-17-11-26(21(29)34-17)16-8-6-15(7-9-16)22(30,10-4-2)14-25-12-18(27(31)32)24-20(25)23/h4,6-9,12,17,30H,2-3,5,10-11,13-14H2,1H3. The molecule has 1 N–H and O–H groups in total. The minimum atomic E-state index is -1.49. The van der Waals surface area contributed by atoms with E-state index in [1.54, 1.807) is 24.3 Å². The van der Waals surface area contributed by atoms with Crippen LogP contribution in [0.2, 0.25) is 5.28 Å². The van der Waals surface area contributed by atoms with E-state index < -0.39 is 28.5 Å². The summed E-state index contributed by atoms with van der Waals surface area (Å²) in [7, 11) is 0. The van der Waals surface area contributed by atoms with Gasteiger partial charge in [-0.2, -0.15) is 0 Å². The number of nitrogens with zero attached hydrogens (tertiary/aromatic N) is 4. The number of amides is 1. The van der Waals surface area contributed by atoms with Crippen LogP contribution in [0.3, 0.4) is 0 Å². The molecule has 0 radical (unpaired) electrons. The first kappa shape index (κ1) is 25.2. The van der Waals surface area contributed by atoms with Crippen LogP contribution < -0.4 is 4.90 Å². The van der Waals surface area contributed by atoms with Gasteiger partial charge in [-0.25, -0.2) is 4.79 Å². The molecule has 34 heavy (non-hydrogen) atoms. The van der Waals surface area contributed by atoms with Gasteiger partial charge in [0.15, 0.2) is 6.10 Å². The van der Waals surface area contributed by atoms with Crippen LogP contribution in [0.1, 0.15) is 31.7 Å². The maximum absolute atomic E-state index is 12.3. The fourth-order valence-electron chi connectivity index (χ4n) is 3.61. The second-order valence-electron chi connectivity index (χ2n) is 7.87. The van der Waals surface area contributed by atoms with Crippen LogP contribution in [0.4, 0.5) is 16.3 Å². The zero-order chi connectivity index (χ0) is 24.9. The van der Waals surface area contributed by atoms with Gasteiger partial charge in [0.2, 0.25) is 0 Å². The fourth-order valence-corrected chi connectivity index (χ4v) is 3.80. The summed E-state index contributed by atoms with van der Waals surface area (Å²) in [5, 5.41) is 22.2. The number of aromatic nitrogens is 2. The summed E-state index contributed by atoms with van der Waals surface area (Å²) in [5.41, 5.74) is -0.463. The summed E-state index contributed by atoms with van der Waals surface area (Å²) in [6.07, 6.45) is 2.63. The monoisotopic (exact) mass is 492 g/mol. The smallest absolute Gasteiger partial charge is 0.414 e. The maximum atomic E-state index is 12.3. The molecule has 1 aromatic carbocycles. The molecule has 12 heteroatoms. The number of esters is 1. The molecule has 2 heterocycles. The summed E-state index contributed by atoms with van der Waals surface area (Å²) in [5.74, 6) is -0.769. The Morgan fingerprint density at radius 1 is 1.47 bits per heavy atom. The highest BCUT2D eigenvalue weighted by Crippen LogP contribution is 2.32. The maximum Gasteiger partial charge on any atom is 0.414 e. The van der Waals surface area contributed by atoms with E-state index in [-0.39, 0.29) is 37.4 Å². The molecule has 0 aliphatic carbocycles. The number of carbonyl (C=O) groups is 2. The van der Waals surface area contributed by atoms with Gasteiger partial charge >= 0.3 is 23.2 Å². The lowest BCUT2D eigenvalue weighted by Gasteiger charge is -2.28. The SMILES string of the molecule is C=CCC(O)(Cn1cc([N+](=O)[O-])nc1Cl)c1ccc(N2CC(COC(=O)CCC)OC2=O)cc1. The van der Waals surface area contributed by atoms with Crippen molar-refractivity contribution < 1.29 is 29.1 Å². The predicted molar refractivity (Wildman–Crippen MR) is 123 cm³/mol. The van der Waals surface area contributed by atoms with Gasteiger partial charge in [0, 0.05) is 12.1 Å². The normalized spacial score (nSPS) is 17.2. The summed E-state index contributed by atoms with van der Waals surface area (Å²) < 4.78 is 11.7. The van der Waals surface area contributed by atoms with E-state index in [1.165, 1.54) is 15.5 Å². The van der Waals surface area contributed by atoms with E-state index in [1.807, 2.05) is 6.92 Å². The molecule has 2 aromatic rings. The molecule has 1 aliphatic rings. The summed E-state index contributed by atoms with van der Waals surface area (Å²) in [4.78, 5) is 39.2. The Bertz CT molecular complexity index is 1070. The van der Waals surface area contributed by atoms with Crippen LogP contribution in [0.15, 0.2) is 43.1 Å². The van der Waals surface area contributed by atoms with Crippen molar-refractivity contribution in [3.63, 3.8) is 0 Å². The molecule has 182 valence electrons. The molecule has 2 atom stereocenters. The molecule has 0 spiro atoms. The lowest BCUT2D eigenvalue weighted by molar-refractivity contribution is -0.389. The van der Waals surface area contributed by atoms with Gasteiger partial charge in [-0.05, 0) is 52.0 Å². The second-order valence-corrected chi connectivity index (χ2v) is 8.21. The van der Waals surface area contributed by atoms with E-state index in [0.29, 0.717) is 24.1 Å². The van der Waals surface area contributed by atoms with Crippen LogP contribution in [-0.2, 0) is 26.4 Å². The molecule has 1 fully saturated rings. The number of aliphatic hydroxyl groups is 1. The highest BCUT2D eigenvalue weighted by Gasteiger charge is 2.35. The number of benzene rings is 1. The quantitative estimate of drug-likeness (QED) is 0.217. The average molecular weight is 493 g/mol. The average Bonchev–Trinajstić information content (AvgIpc) is 3.35. The van der Waals surface area contributed by atoms with Gasteiger partial charge in [-0.3, -0.25) is 14.3 Å². The number of hydrogen-bond donors (Lipinski definition) is 1. The van der Waals surface area contributed by atoms with Gasteiger partial charge < -0.3 is 24.7 Å². The molecule has 1 aromatic heterocycles. The predicted octanol–water partition coefficient (Wildman–Crippen LogP) is 3.58. The molecule has 1 amide bonds. The third-order valence-electron chi connectivity index (χ3n) is 5.29. The molecule has 0 bridgehead atoms. The number of carbonyl (C=O) groups excluding carboxylic acids is 2. The topological polar surface area (TPSA) is 137 Å². The van der Waals surface area contributed by atoms with Gasteiger partial charge in [-0.15, -0.1) is 6.58 Å². The third-order valence-corrected chi connectivity index (χ3v) is 5.59. The van der Waals surface area contributed by atoms with Crippen molar-refractivity contribution in [3.8, 4) is 0 Å². The zero-order valence-electron chi connectivity index (χ0n) is 18.6. The second kappa shape index (κ2) is 10.7. The number of nitro groups is 1. The Morgan fingerprint density at radius 2 is 2.18 bits per heavy atom. The van der Waals surface area contributed by atoms with E-state index in [4.69, 9.17) is 21.1 Å². The van der Waals surface area contributed by atoms with Gasteiger partial charge in [-0.1, -0.05) is 25.1 Å². The minimum Gasteiger partial charge on any atom is -0.462 e. The number of anilines is 1. The summed E-state index contributed by atoms with van der Waals surface area (Å²) in [6, 6.07) is 6.57. The molecule has 1 aliphatic heterocycles. The number of halogens is 1. The Balaban J connectivity index is 1.73. The van der Waals surface area contributed by atoms with Crippen LogP contribution in [0.25, 0.3) is 0 Å². The number of ether oxygens (including phenoxy) is 2. The number of hydrogen-bond acceptors (Lipinski definition) is 8. The minimum absolute atomic E-state index is 0.0178. The van der Waals surface area contributed by atoms with Gasteiger partial charge in [0.1, 0.15) is 18.4 Å². The Kier molecular flexibility index (Phi) is 7.90. The van der Waals surface area contributed by atoms with Crippen LogP contribution in [0, 0.1) is 10.1 Å². The first-order chi connectivity index (χ1) is 16.2. The van der Waals surface area contributed by atoms with E-state index in [2.05, 4.69) is 11.6 Å². The number of rotatable bonds is 11. The van der Waals surface area contributed by atoms with Crippen LogP contribution >= 0.6 is 11.6 Å². The number of imidazole rings is 1. The molecule has 3 rings (SSSR count). The van der Waals surface area contributed by atoms with Crippen molar-refractivity contribution >= 4 is 35.2 Å². The van der Waals surface area contributed by atoms with Crippen LogP contribution in [-0.4, -0.2) is 50.9 Å². The molecular weight excluding hydrogens is 468 g/mol. The highest BCUT2D eigenvalue weighted by atomic mass is 35.5. The van der Waals surface area contributed by atoms with E-state index in [0.717, 1.165) is 6.20 Å². The molecule has 11 nitrogen and oxygen atoms in total. The van der Waals surface area contributed by atoms with Crippen molar-refractivity contribution in [2.75, 3.05) is 18.1 Å². The molecule has 1 saturated heterocycles. The van der Waals surface area contributed by atoms with Crippen molar-refractivity contribution in [2.45, 2.75) is 44.4 Å². The first-order valence-electron chi connectivity index (χ1n) is 10.6. The Morgan fingerprint density at radius 3 is 2.76 bits per heavy atom. The first-order valence-corrected chi connectivity index (χ1v) is 11.0. The molecule has 2 unspecified atom stereocenters. The van der Waals surface area contributed by atoms with E-state index >= 15 is 0 Å². The number of cyclic esters (lactones) is 1. The Labute approximate surface area is 200 Å². The summed E-state index contributed by atoms with van der Waals surface area (Å²) >= 11 is 6.01. The molecule has 0 saturated carbocycles. The van der Waals surface area contributed by atoms with E-state index in [9.17, 15) is 24.8 Å². The lowest BCUT2D eigenvalue weighted by atomic mass is 9.90. The van der Waals surface area contributed by atoms with Crippen molar-refractivity contribution in [1.29, 1.82) is 0 Å². The Hall–Kier alpha value is -3.44. The largest absolute Gasteiger partial charge is 0.462 e. The summed E-state index contributed by atoms with van der Waals surface area (Å²) in [6.45, 7) is 5.64. The highest BCUT2D eigenvalue weighted by molar-refractivity contribution is 6.28. The van der Waals surface area contributed by atoms with Crippen molar-refractivity contribution in [2.24, 2.45) is 0 Å². The van der Waals surface area contributed by atoms with Gasteiger partial charge in [0.05, 0.1) is 13.1 Å². The van der Waals surface area contributed by atoms with Crippen LogP contribution in [0.5, 0.6) is 0 Å². The zero-order valence-corrected chi connectivity index (χ0v) is 19.3.